The molecule has 20 heavy (non-hydrogen) atoms. The molecule has 1 unspecified atom stereocenters. The summed E-state index contributed by atoms with van der Waals surface area (Å²) >= 11 is 1.72. The van der Waals surface area contributed by atoms with Crippen LogP contribution in [0.4, 0.5) is 0 Å². The molecule has 2 aromatic heterocycles. The van der Waals surface area contributed by atoms with Crippen molar-refractivity contribution in [2.24, 2.45) is 0 Å². The highest BCUT2D eigenvalue weighted by atomic mass is 32.1. The van der Waals surface area contributed by atoms with Crippen molar-refractivity contribution in [3.05, 3.63) is 34.3 Å². The van der Waals surface area contributed by atoms with Crippen molar-refractivity contribution in [2.45, 2.75) is 39.6 Å². The minimum atomic E-state index is 0.322. The fourth-order valence-electron chi connectivity index (χ4n) is 2.65. The van der Waals surface area contributed by atoms with Gasteiger partial charge in [-0.1, -0.05) is 0 Å². The molecular formula is C14H20N4OS. The summed E-state index contributed by atoms with van der Waals surface area (Å²) in [5.41, 5.74) is 1.18. The van der Waals surface area contributed by atoms with Gasteiger partial charge in [-0.05, 0) is 13.8 Å². The first kappa shape index (κ1) is 13.7. The lowest BCUT2D eigenvalue weighted by Crippen LogP contribution is -2.37. The first-order chi connectivity index (χ1) is 9.79. The highest BCUT2D eigenvalue weighted by Gasteiger charge is 2.27. The summed E-state index contributed by atoms with van der Waals surface area (Å²) in [7, 11) is 0. The van der Waals surface area contributed by atoms with Crippen LogP contribution in [-0.4, -0.2) is 32.6 Å². The van der Waals surface area contributed by atoms with Gasteiger partial charge in [-0.25, -0.2) is 9.97 Å². The Hall–Kier alpha value is -1.24. The molecule has 2 aromatic rings. The molecule has 1 aliphatic heterocycles. The van der Waals surface area contributed by atoms with Gasteiger partial charge in [-0.15, -0.1) is 11.3 Å². The number of nitrogens with zero attached hydrogens (tertiary/aromatic N) is 4. The zero-order valence-corrected chi connectivity index (χ0v) is 12.8. The lowest BCUT2D eigenvalue weighted by molar-refractivity contribution is 0.119. The number of hydrogen-bond donors (Lipinski definition) is 0. The van der Waals surface area contributed by atoms with Crippen molar-refractivity contribution in [2.75, 3.05) is 13.2 Å². The quantitative estimate of drug-likeness (QED) is 0.849. The van der Waals surface area contributed by atoms with Crippen molar-refractivity contribution < 1.29 is 4.74 Å². The van der Waals surface area contributed by atoms with Crippen LogP contribution >= 0.6 is 11.3 Å². The van der Waals surface area contributed by atoms with E-state index in [4.69, 9.17) is 4.74 Å². The summed E-state index contributed by atoms with van der Waals surface area (Å²) in [6, 6.07) is 0.322. The second-order valence-electron chi connectivity index (χ2n) is 4.97. The SMILES string of the molecule is CCOCc1cnc2n1CCN(Cc1nccs1)C2C. The van der Waals surface area contributed by atoms with E-state index in [1.807, 2.05) is 24.7 Å². The molecule has 0 aromatic carbocycles. The van der Waals surface area contributed by atoms with Crippen molar-refractivity contribution in [3.8, 4) is 0 Å². The van der Waals surface area contributed by atoms with Gasteiger partial charge in [0.25, 0.3) is 0 Å². The summed E-state index contributed by atoms with van der Waals surface area (Å²) in [5.74, 6) is 1.14. The second-order valence-corrected chi connectivity index (χ2v) is 5.95. The van der Waals surface area contributed by atoms with Gasteiger partial charge in [0.1, 0.15) is 10.8 Å². The van der Waals surface area contributed by atoms with Gasteiger partial charge >= 0.3 is 0 Å². The van der Waals surface area contributed by atoms with E-state index in [9.17, 15) is 0 Å². The van der Waals surface area contributed by atoms with Crippen molar-refractivity contribution in [3.63, 3.8) is 0 Å². The fraction of sp³-hybridized carbons (Fsp3) is 0.571. The molecule has 3 rings (SSSR count). The molecule has 1 aliphatic rings. The van der Waals surface area contributed by atoms with Crippen molar-refractivity contribution >= 4 is 11.3 Å². The Morgan fingerprint density at radius 2 is 2.30 bits per heavy atom. The largest absolute Gasteiger partial charge is 0.375 e. The van der Waals surface area contributed by atoms with E-state index in [2.05, 4.69) is 26.4 Å². The van der Waals surface area contributed by atoms with Gasteiger partial charge in [0.2, 0.25) is 0 Å². The summed E-state index contributed by atoms with van der Waals surface area (Å²) < 4.78 is 7.81. The van der Waals surface area contributed by atoms with E-state index in [0.717, 1.165) is 32.1 Å². The lowest BCUT2D eigenvalue weighted by Gasteiger charge is -2.33. The van der Waals surface area contributed by atoms with E-state index in [-0.39, 0.29) is 0 Å². The van der Waals surface area contributed by atoms with E-state index >= 15 is 0 Å². The Labute approximate surface area is 123 Å². The maximum Gasteiger partial charge on any atom is 0.126 e. The molecule has 0 aliphatic carbocycles. The first-order valence-corrected chi connectivity index (χ1v) is 7.92. The summed E-state index contributed by atoms with van der Waals surface area (Å²) in [4.78, 5) is 11.4. The van der Waals surface area contributed by atoms with E-state index in [0.29, 0.717) is 12.6 Å². The third kappa shape index (κ3) is 2.63. The molecule has 5 nitrogen and oxygen atoms in total. The molecule has 108 valence electrons. The molecule has 0 spiro atoms. The number of hydrogen-bond acceptors (Lipinski definition) is 5. The second kappa shape index (κ2) is 6.03. The van der Waals surface area contributed by atoms with Gasteiger partial charge in [0, 0.05) is 31.3 Å². The molecule has 0 N–H and O–H groups in total. The summed E-state index contributed by atoms with van der Waals surface area (Å²) in [6.07, 6.45) is 3.82. The van der Waals surface area contributed by atoms with Crippen LogP contribution in [0, 0.1) is 0 Å². The topological polar surface area (TPSA) is 43.2 Å². The van der Waals surface area contributed by atoms with Crippen LogP contribution in [-0.2, 0) is 24.4 Å². The summed E-state index contributed by atoms with van der Waals surface area (Å²) in [6.45, 7) is 8.56. The zero-order valence-electron chi connectivity index (χ0n) is 12.0. The van der Waals surface area contributed by atoms with Gasteiger partial charge in [-0.3, -0.25) is 4.90 Å². The van der Waals surface area contributed by atoms with Gasteiger partial charge in [0.05, 0.1) is 31.1 Å². The Balaban J connectivity index is 1.74. The predicted octanol–water partition coefficient (Wildman–Crippen LogP) is 2.45. The number of rotatable bonds is 5. The number of aromatic nitrogens is 3. The predicted molar refractivity (Wildman–Crippen MR) is 78.5 cm³/mol. The van der Waals surface area contributed by atoms with Crippen LogP contribution in [0.1, 0.15) is 36.4 Å². The highest BCUT2D eigenvalue weighted by molar-refractivity contribution is 7.09. The first-order valence-electron chi connectivity index (χ1n) is 7.04. The molecule has 0 radical (unpaired) electrons. The van der Waals surface area contributed by atoms with Crippen LogP contribution in [0.3, 0.4) is 0 Å². The smallest absolute Gasteiger partial charge is 0.126 e. The maximum absolute atomic E-state index is 5.51. The minimum Gasteiger partial charge on any atom is -0.375 e. The van der Waals surface area contributed by atoms with Crippen LogP contribution in [0.2, 0.25) is 0 Å². The standard InChI is InChI=1S/C14H20N4OS/c1-3-19-10-12-8-16-14-11(2)17(5-6-18(12)14)9-13-15-4-7-20-13/h4,7-8,11H,3,5-6,9-10H2,1-2H3. The molecule has 6 heteroatoms. The monoisotopic (exact) mass is 292 g/mol. The molecule has 0 fully saturated rings. The van der Waals surface area contributed by atoms with Crippen molar-refractivity contribution in [1.29, 1.82) is 0 Å². The van der Waals surface area contributed by atoms with Crippen LogP contribution in [0.5, 0.6) is 0 Å². The molecule has 1 atom stereocenters. The Bertz CT molecular complexity index is 552. The number of fused-ring (bicyclic) bond motifs is 1. The summed E-state index contributed by atoms with van der Waals surface area (Å²) in [5, 5.41) is 3.21. The Morgan fingerprint density at radius 1 is 1.40 bits per heavy atom. The van der Waals surface area contributed by atoms with E-state index in [1.54, 1.807) is 11.3 Å². The fourth-order valence-corrected chi connectivity index (χ4v) is 3.29. The van der Waals surface area contributed by atoms with Crippen molar-refractivity contribution in [1.82, 2.24) is 19.4 Å². The number of ether oxygens (including phenoxy) is 1. The lowest BCUT2D eigenvalue weighted by atomic mass is 10.2. The maximum atomic E-state index is 5.51. The normalized spacial score (nSPS) is 19.2. The third-order valence-electron chi connectivity index (χ3n) is 3.78. The van der Waals surface area contributed by atoms with E-state index in [1.165, 1.54) is 10.7 Å². The average molecular weight is 292 g/mol. The Morgan fingerprint density at radius 3 is 3.05 bits per heavy atom. The minimum absolute atomic E-state index is 0.322. The average Bonchev–Trinajstić information content (AvgIpc) is 3.09. The van der Waals surface area contributed by atoms with E-state index < -0.39 is 0 Å². The zero-order chi connectivity index (χ0) is 13.9. The van der Waals surface area contributed by atoms with Crippen LogP contribution in [0.25, 0.3) is 0 Å². The molecule has 0 saturated carbocycles. The van der Waals surface area contributed by atoms with Crippen LogP contribution in [0.15, 0.2) is 17.8 Å². The molecule has 3 heterocycles. The molecular weight excluding hydrogens is 272 g/mol. The van der Waals surface area contributed by atoms with Gasteiger partial charge in [-0.2, -0.15) is 0 Å². The molecule has 0 bridgehead atoms. The molecule has 0 saturated heterocycles. The van der Waals surface area contributed by atoms with Crippen LogP contribution < -0.4 is 0 Å². The van der Waals surface area contributed by atoms with Gasteiger partial charge in [0.15, 0.2) is 0 Å². The number of thiazole rings is 1. The third-order valence-corrected chi connectivity index (χ3v) is 4.54. The van der Waals surface area contributed by atoms with Gasteiger partial charge < -0.3 is 9.30 Å². The Kier molecular flexibility index (Phi) is 4.14. The number of imidazole rings is 1. The molecule has 0 amide bonds. The highest BCUT2D eigenvalue weighted by Crippen LogP contribution is 2.27.